The first-order valence-electron chi connectivity index (χ1n) is 6.48. The molecule has 0 bridgehead atoms. The second kappa shape index (κ2) is 5.74. The zero-order chi connectivity index (χ0) is 12.3. The quantitative estimate of drug-likeness (QED) is 0.883. The van der Waals surface area contributed by atoms with Crippen molar-refractivity contribution in [3.63, 3.8) is 0 Å². The molecule has 2 rings (SSSR count). The van der Waals surface area contributed by atoms with Crippen LogP contribution in [0.2, 0.25) is 5.02 Å². The highest BCUT2D eigenvalue weighted by Crippen LogP contribution is 2.34. The van der Waals surface area contributed by atoms with Gasteiger partial charge in [-0.3, -0.25) is 0 Å². The summed E-state index contributed by atoms with van der Waals surface area (Å²) in [6.45, 7) is 7.43. The summed E-state index contributed by atoms with van der Waals surface area (Å²) in [6, 6.07) is 6.82. The molecule has 94 valence electrons. The van der Waals surface area contributed by atoms with Gasteiger partial charge in [0, 0.05) is 19.1 Å². The Kier molecular flexibility index (Phi) is 4.30. The largest absolute Gasteiger partial charge is 0.367 e. The number of anilines is 1. The Morgan fingerprint density at radius 3 is 2.94 bits per heavy atom. The van der Waals surface area contributed by atoms with Crippen molar-refractivity contribution in [1.82, 2.24) is 5.32 Å². The zero-order valence-corrected chi connectivity index (χ0v) is 11.4. The van der Waals surface area contributed by atoms with Gasteiger partial charge in [-0.2, -0.15) is 0 Å². The molecule has 0 aromatic heterocycles. The lowest BCUT2D eigenvalue weighted by molar-refractivity contribution is 0.706. The van der Waals surface area contributed by atoms with Gasteiger partial charge in [-0.1, -0.05) is 30.7 Å². The molecule has 1 atom stereocenters. The maximum absolute atomic E-state index is 6.38. The van der Waals surface area contributed by atoms with Crippen molar-refractivity contribution in [3.8, 4) is 0 Å². The summed E-state index contributed by atoms with van der Waals surface area (Å²) in [5.74, 6) is 0. The predicted octanol–water partition coefficient (Wildman–Crippen LogP) is 3.44. The topological polar surface area (TPSA) is 15.3 Å². The minimum absolute atomic E-state index is 0.607. The number of nitrogens with zero attached hydrogens (tertiary/aromatic N) is 1. The number of nitrogens with one attached hydrogen (secondary N) is 1. The molecule has 1 saturated heterocycles. The van der Waals surface area contributed by atoms with Crippen LogP contribution in [0.25, 0.3) is 0 Å². The third kappa shape index (κ3) is 2.75. The maximum Gasteiger partial charge on any atom is 0.0643 e. The highest BCUT2D eigenvalue weighted by Gasteiger charge is 2.24. The molecule has 0 saturated carbocycles. The highest BCUT2D eigenvalue weighted by molar-refractivity contribution is 6.33. The fraction of sp³-hybridized carbons (Fsp3) is 0.571. The second-order valence-electron chi connectivity index (χ2n) is 4.71. The van der Waals surface area contributed by atoms with Crippen molar-refractivity contribution in [2.75, 3.05) is 18.0 Å². The molecule has 3 heteroatoms. The Labute approximate surface area is 109 Å². The fourth-order valence-electron chi connectivity index (χ4n) is 2.55. The van der Waals surface area contributed by atoms with Crippen LogP contribution in [0, 0.1) is 0 Å². The van der Waals surface area contributed by atoms with Gasteiger partial charge in [0.1, 0.15) is 0 Å². The minimum atomic E-state index is 0.607. The molecule has 2 nitrogen and oxygen atoms in total. The molecule has 1 aliphatic rings. The second-order valence-corrected chi connectivity index (χ2v) is 5.12. The van der Waals surface area contributed by atoms with E-state index in [1.165, 1.54) is 24.1 Å². The van der Waals surface area contributed by atoms with Crippen molar-refractivity contribution < 1.29 is 0 Å². The third-order valence-electron chi connectivity index (χ3n) is 3.48. The Balaban J connectivity index is 2.29. The first-order chi connectivity index (χ1) is 8.24. The van der Waals surface area contributed by atoms with E-state index in [2.05, 4.69) is 30.1 Å². The summed E-state index contributed by atoms with van der Waals surface area (Å²) >= 11 is 6.38. The number of para-hydroxylation sites is 1. The van der Waals surface area contributed by atoms with E-state index in [-0.39, 0.29) is 0 Å². The van der Waals surface area contributed by atoms with Crippen LogP contribution in [-0.4, -0.2) is 19.1 Å². The van der Waals surface area contributed by atoms with Gasteiger partial charge in [0.25, 0.3) is 0 Å². The molecular formula is C14H21ClN2. The van der Waals surface area contributed by atoms with Gasteiger partial charge in [-0.25, -0.2) is 0 Å². The van der Waals surface area contributed by atoms with Crippen molar-refractivity contribution in [3.05, 3.63) is 28.8 Å². The molecular weight excluding hydrogens is 232 g/mol. The van der Waals surface area contributed by atoms with Crippen LogP contribution in [-0.2, 0) is 6.54 Å². The van der Waals surface area contributed by atoms with E-state index in [9.17, 15) is 0 Å². The van der Waals surface area contributed by atoms with Crippen molar-refractivity contribution in [1.29, 1.82) is 0 Å². The SMILES string of the molecule is CCNCc1cccc(Cl)c1N1CCCC1C. The van der Waals surface area contributed by atoms with Crippen molar-refractivity contribution in [2.45, 2.75) is 39.3 Å². The lowest BCUT2D eigenvalue weighted by Crippen LogP contribution is -2.28. The summed E-state index contributed by atoms with van der Waals surface area (Å²) in [5.41, 5.74) is 2.55. The lowest BCUT2D eigenvalue weighted by Gasteiger charge is -2.27. The molecule has 0 spiro atoms. The van der Waals surface area contributed by atoms with Gasteiger partial charge in [-0.15, -0.1) is 0 Å². The summed E-state index contributed by atoms with van der Waals surface area (Å²) in [6.07, 6.45) is 2.54. The van der Waals surface area contributed by atoms with E-state index in [4.69, 9.17) is 11.6 Å². The molecule has 1 N–H and O–H groups in total. The molecule has 0 aliphatic carbocycles. The van der Waals surface area contributed by atoms with Crippen LogP contribution in [0.4, 0.5) is 5.69 Å². The molecule has 1 fully saturated rings. The van der Waals surface area contributed by atoms with Gasteiger partial charge < -0.3 is 10.2 Å². The number of hydrogen-bond donors (Lipinski definition) is 1. The van der Waals surface area contributed by atoms with E-state index >= 15 is 0 Å². The van der Waals surface area contributed by atoms with E-state index < -0.39 is 0 Å². The monoisotopic (exact) mass is 252 g/mol. The predicted molar refractivity (Wildman–Crippen MR) is 74.9 cm³/mol. The molecule has 17 heavy (non-hydrogen) atoms. The lowest BCUT2D eigenvalue weighted by atomic mass is 10.1. The summed E-state index contributed by atoms with van der Waals surface area (Å²) in [7, 11) is 0. The standard InChI is InChI=1S/C14H21ClN2/c1-3-16-10-12-7-4-8-13(15)14(12)17-9-5-6-11(17)2/h4,7-8,11,16H,3,5-6,9-10H2,1-2H3. The van der Waals surface area contributed by atoms with E-state index in [0.29, 0.717) is 6.04 Å². The van der Waals surface area contributed by atoms with E-state index in [0.717, 1.165) is 24.7 Å². The Morgan fingerprint density at radius 2 is 2.29 bits per heavy atom. The van der Waals surface area contributed by atoms with Crippen molar-refractivity contribution >= 4 is 17.3 Å². The molecule has 1 heterocycles. The van der Waals surface area contributed by atoms with Gasteiger partial charge in [0.2, 0.25) is 0 Å². The summed E-state index contributed by atoms with van der Waals surface area (Å²) in [4.78, 5) is 2.45. The van der Waals surface area contributed by atoms with Crippen LogP contribution in [0.1, 0.15) is 32.3 Å². The first-order valence-corrected chi connectivity index (χ1v) is 6.86. The highest BCUT2D eigenvalue weighted by atomic mass is 35.5. The zero-order valence-electron chi connectivity index (χ0n) is 10.7. The van der Waals surface area contributed by atoms with Crippen LogP contribution in [0.15, 0.2) is 18.2 Å². The van der Waals surface area contributed by atoms with Crippen LogP contribution in [0.3, 0.4) is 0 Å². The third-order valence-corrected chi connectivity index (χ3v) is 3.78. The number of hydrogen-bond acceptors (Lipinski definition) is 2. The van der Waals surface area contributed by atoms with Gasteiger partial charge >= 0.3 is 0 Å². The Morgan fingerprint density at radius 1 is 1.47 bits per heavy atom. The maximum atomic E-state index is 6.38. The average molecular weight is 253 g/mol. The van der Waals surface area contributed by atoms with Gasteiger partial charge in [-0.05, 0) is 37.9 Å². The summed E-state index contributed by atoms with van der Waals surface area (Å²) < 4.78 is 0. The van der Waals surface area contributed by atoms with Gasteiger partial charge in [0.05, 0.1) is 10.7 Å². The van der Waals surface area contributed by atoms with Crippen molar-refractivity contribution in [2.24, 2.45) is 0 Å². The first kappa shape index (κ1) is 12.7. The average Bonchev–Trinajstić information content (AvgIpc) is 2.73. The summed E-state index contributed by atoms with van der Waals surface area (Å²) in [5, 5.41) is 4.27. The number of halogens is 1. The fourth-order valence-corrected chi connectivity index (χ4v) is 2.85. The number of rotatable bonds is 4. The Hall–Kier alpha value is -0.730. The van der Waals surface area contributed by atoms with Gasteiger partial charge in [0.15, 0.2) is 0 Å². The van der Waals surface area contributed by atoms with E-state index in [1.54, 1.807) is 0 Å². The number of benzene rings is 1. The smallest absolute Gasteiger partial charge is 0.0643 e. The molecule has 0 amide bonds. The van der Waals surface area contributed by atoms with E-state index in [1.807, 2.05) is 12.1 Å². The Bertz CT molecular complexity index is 378. The molecule has 0 radical (unpaired) electrons. The molecule has 1 aliphatic heterocycles. The molecule has 1 unspecified atom stereocenters. The van der Waals surface area contributed by atoms with Crippen LogP contribution >= 0.6 is 11.6 Å². The van der Waals surface area contributed by atoms with Crippen LogP contribution in [0.5, 0.6) is 0 Å². The normalized spacial score (nSPS) is 19.9. The minimum Gasteiger partial charge on any atom is -0.367 e. The van der Waals surface area contributed by atoms with Crippen LogP contribution < -0.4 is 10.2 Å². The molecule has 1 aromatic carbocycles. The molecule has 1 aromatic rings.